The van der Waals surface area contributed by atoms with Gasteiger partial charge >= 0.3 is 0 Å². The predicted octanol–water partition coefficient (Wildman–Crippen LogP) is 2.47. The lowest BCUT2D eigenvalue weighted by Crippen LogP contribution is -2.29. The lowest BCUT2D eigenvalue weighted by molar-refractivity contribution is 0.573. The maximum Gasteiger partial charge on any atom is 0.151 e. The molecule has 0 aromatic heterocycles. The molecule has 1 unspecified atom stereocenters. The van der Waals surface area contributed by atoms with E-state index < -0.39 is 11.6 Å². The van der Waals surface area contributed by atoms with E-state index in [-0.39, 0.29) is 16.1 Å². The van der Waals surface area contributed by atoms with Crippen LogP contribution in [-0.2, 0) is 0 Å². The molecule has 0 bridgehead atoms. The van der Waals surface area contributed by atoms with Crippen molar-refractivity contribution in [1.29, 1.82) is 0 Å². The molecule has 2 nitrogen and oxygen atoms in total. The smallest absolute Gasteiger partial charge is 0.151 e. The van der Waals surface area contributed by atoms with Gasteiger partial charge in [0.25, 0.3) is 0 Å². The highest BCUT2D eigenvalue weighted by Crippen LogP contribution is 2.22. The fourth-order valence-corrected chi connectivity index (χ4v) is 1.78. The molecule has 0 radical (unpaired) electrons. The summed E-state index contributed by atoms with van der Waals surface area (Å²) < 4.78 is 27.3. The summed E-state index contributed by atoms with van der Waals surface area (Å²) in [5.74, 6) is -0.926. The number of aliphatic imine (C=N–C) groups is 1. The molecule has 0 saturated heterocycles. The average molecular weight is 275 g/mol. The van der Waals surface area contributed by atoms with E-state index in [0.717, 1.165) is 0 Å². The molecule has 1 aromatic carbocycles. The fraction of sp³-hybridized carbons (Fsp3) is 0.300. The Morgan fingerprint density at radius 1 is 1.47 bits per heavy atom. The van der Waals surface area contributed by atoms with Gasteiger partial charge in [-0.1, -0.05) is 0 Å². The first-order valence-corrected chi connectivity index (χ1v) is 5.33. The molecule has 1 N–H and O–H groups in total. The molecule has 1 aliphatic rings. The molecule has 0 fully saturated rings. The van der Waals surface area contributed by atoms with Gasteiger partial charge in [0.1, 0.15) is 11.7 Å². The zero-order valence-electron chi connectivity index (χ0n) is 8.02. The van der Waals surface area contributed by atoms with Gasteiger partial charge in [0.05, 0.1) is 16.6 Å². The van der Waals surface area contributed by atoms with Crippen molar-refractivity contribution in [2.24, 2.45) is 4.99 Å². The standard InChI is InChI=1S/C10H9BrF2N2/c1-5-4-14-10(15-5)8-7(12)3-2-6(11)9(8)13/h2-3,5H,4H2,1H3,(H,14,15). The van der Waals surface area contributed by atoms with Gasteiger partial charge in [-0.15, -0.1) is 0 Å². The first kappa shape index (κ1) is 10.5. The summed E-state index contributed by atoms with van der Waals surface area (Å²) in [6, 6.07) is 2.68. The van der Waals surface area contributed by atoms with Gasteiger partial charge in [-0.25, -0.2) is 8.78 Å². The van der Waals surface area contributed by atoms with Crippen LogP contribution in [0.2, 0.25) is 0 Å². The molecule has 15 heavy (non-hydrogen) atoms. The summed E-state index contributed by atoms with van der Waals surface area (Å²) in [7, 11) is 0. The van der Waals surface area contributed by atoms with E-state index in [9.17, 15) is 8.78 Å². The predicted molar refractivity (Wildman–Crippen MR) is 58.1 cm³/mol. The van der Waals surface area contributed by atoms with Crippen LogP contribution in [0.5, 0.6) is 0 Å². The lowest BCUT2D eigenvalue weighted by atomic mass is 10.2. The van der Waals surface area contributed by atoms with E-state index in [4.69, 9.17) is 0 Å². The monoisotopic (exact) mass is 274 g/mol. The SMILES string of the molecule is CC1CN=C(c2c(F)ccc(Br)c2F)N1. The lowest BCUT2D eigenvalue weighted by Gasteiger charge is -2.08. The molecule has 1 aromatic rings. The van der Waals surface area contributed by atoms with E-state index in [1.807, 2.05) is 6.92 Å². The van der Waals surface area contributed by atoms with E-state index >= 15 is 0 Å². The number of nitrogens with one attached hydrogen (secondary N) is 1. The minimum atomic E-state index is -0.615. The minimum Gasteiger partial charge on any atom is -0.365 e. The third-order valence-electron chi connectivity index (χ3n) is 2.19. The molecule has 0 amide bonds. The first-order valence-electron chi connectivity index (χ1n) is 4.54. The van der Waals surface area contributed by atoms with Crippen LogP contribution < -0.4 is 5.32 Å². The summed E-state index contributed by atoms with van der Waals surface area (Å²) in [4.78, 5) is 4.05. The van der Waals surface area contributed by atoms with Crippen molar-refractivity contribution in [3.8, 4) is 0 Å². The van der Waals surface area contributed by atoms with E-state index in [1.165, 1.54) is 12.1 Å². The van der Waals surface area contributed by atoms with E-state index in [0.29, 0.717) is 12.4 Å². The van der Waals surface area contributed by atoms with Crippen molar-refractivity contribution < 1.29 is 8.78 Å². The third-order valence-corrected chi connectivity index (χ3v) is 2.80. The van der Waals surface area contributed by atoms with Gasteiger partial charge in [-0.2, -0.15) is 0 Å². The number of amidine groups is 1. The normalized spacial score (nSPS) is 20.0. The van der Waals surface area contributed by atoms with Crippen LogP contribution in [0.25, 0.3) is 0 Å². The summed E-state index contributed by atoms with van der Waals surface area (Å²) in [6.45, 7) is 2.45. The molecule has 1 atom stereocenters. The number of nitrogens with zero attached hydrogens (tertiary/aromatic N) is 1. The average Bonchev–Trinajstić information content (AvgIpc) is 2.59. The number of hydrogen-bond donors (Lipinski definition) is 1. The van der Waals surface area contributed by atoms with Gasteiger partial charge < -0.3 is 5.32 Å². The number of halogens is 3. The van der Waals surface area contributed by atoms with Crippen LogP contribution in [0.4, 0.5) is 8.78 Å². The van der Waals surface area contributed by atoms with Gasteiger partial charge in [0, 0.05) is 6.04 Å². The molecule has 0 spiro atoms. The summed E-state index contributed by atoms with van der Waals surface area (Å²) in [5, 5.41) is 2.93. The van der Waals surface area contributed by atoms with Crippen molar-refractivity contribution >= 4 is 21.8 Å². The van der Waals surface area contributed by atoms with E-state index in [2.05, 4.69) is 26.2 Å². The Morgan fingerprint density at radius 3 is 2.80 bits per heavy atom. The van der Waals surface area contributed by atoms with Gasteiger partial charge in [-0.3, -0.25) is 4.99 Å². The topological polar surface area (TPSA) is 24.4 Å². The Morgan fingerprint density at radius 2 is 2.20 bits per heavy atom. The number of hydrogen-bond acceptors (Lipinski definition) is 2. The van der Waals surface area contributed by atoms with Crippen LogP contribution in [0.1, 0.15) is 12.5 Å². The summed E-state index contributed by atoms with van der Waals surface area (Å²) >= 11 is 3.02. The molecule has 0 aliphatic carbocycles. The zero-order valence-corrected chi connectivity index (χ0v) is 9.61. The van der Waals surface area contributed by atoms with Crippen molar-refractivity contribution in [2.75, 3.05) is 6.54 Å². The van der Waals surface area contributed by atoms with Crippen LogP contribution in [0, 0.1) is 11.6 Å². The second kappa shape index (κ2) is 3.89. The highest BCUT2D eigenvalue weighted by atomic mass is 79.9. The Balaban J connectivity index is 2.48. The molecule has 2 rings (SSSR count). The van der Waals surface area contributed by atoms with Crippen molar-refractivity contribution in [1.82, 2.24) is 5.32 Å². The molecular weight excluding hydrogens is 266 g/mol. The van der Waals surface area contributed by atoms with Crippen LogP contribution in [0.15, 0.2) is 21.6 Å². The Bertz CT molecular complexity index is 432. The van der Waals surface area contributed by atoms with Gasteiger partial charge in [-0.05, 0) is 35.0 Å². The fourth-order valence-electron chi connectivity index (χ4n) is 1.45. The maximum absolute atomic E-state index is 13.6. The third kappa shape index (κ3) is 1.88. The molecule has 5 heteroatoms. The van der Waals surface area contributed by atoms with E-state index in [1.54, 1.807) is 0 Å². The van der Waals surface area contributed by atoms with Crippen molar-refractivity contribution in [2.45, 2.75) is 13.0 Å². The van der Waals surface area contributed by atoms with Gasteiger partial charge in [0.15, 0.2) is 5.82 Å². The first-order chi connectivity index (χ1) is 7.09. The minimum absolute atomic E-state index is 0.0891. The van der Waals surface area contributed by atoms with Gasteiger partial charge in [0.2, 0.25) is 0 Å². The molecule has 1 heterocycles. The Kier molecular flexibility index (Phi) is 2.73. The Labute approximate surface area is 94.5 Å². The second-order valence-electron chi connectivity index (χ2n) is 3.45. The Hall–Kier alpha value is -0.970. The second-order valence-corrected chi connectivity index (χ2v) is 4.31. The van der Waals surface area contributed by atoms with Crippen molar-refractivity contribution in [3.63, 3.8) is 0 Å². The van der Waals surface area contributed by atoms with Crippen LogP contribution >= 0.6 is 15.9 Å². The van der Waals surface area contributed by atoms with Crippen LogP contribution in [0.3, 0.4) is 0 Å². The number of benzene rings is 1. The molecule has 1 aliphatic heterocycles. The highest BCUT2D eigenvalue weighted by Gasteiger charge is 2.22. The number of rotatable bonds is 1. The molecule has 0 saturated carbocycles. The summed E-state index contributed by atoms with van der Waals surface area (Å²) in [6.07, 6.45) is 0. The quantitative estimate of drug-likeness (QED) is 0.782. The van der Waals surface area contributed by atoms with Crippen molar-refractivity contribution in [3.05, 3.63) is 33.8 Å². The summed E-state index contributed by atoms with van der Waals surface area (Å²) in [5.41, 5.74) is -0.0891. The maximum atomic E-state index is 13.6. The zero-order chi connectivity index (χ0) is 11.0. The highest BCUT2D eigenvalue weighted by molar-refractivity contribution is 9.10. The molecular formula is C10H9BrF2N2. The van der Waals surface area contributed by atoms with Crippen LogP contribution in [-0.4, -0.2) is 18.4 Å². The molecule has 80 valence electrons. The largest absolute Gasteiger partial charge is 0.365 e.